The summed E-state index contributed by atoms with van der Waals surface area (Å²) in [7, 11) is 0. The topological polar surface area (TPSA) is 63.6 Å². The number of ketones is 1. The molecule has 26 heavy (non-hydrogen) atoms. The molecule has 0 aromatic carbocycles. The second kappa shape index (κ2) is 5.92. The van der Waals surface area contributed by atoms with Gasteiger partial charge >= 0.3 is 5.97 Å². The van der Waals surface area contributed by atoms with Crippen LogP contribution in [0.2, 0.25) is 0 Å². The SMILES string of the molecule is C=C[C@@]1(C)C[C@]2(O)CC[C@H]3C(C)(C)CCC[C@]3(C)[C@H]2C(=O)C1OC(C)=O. The molecule has 0 spiro atoms. The summed E-state index contributed by atoms with van der Waals surface area (Å²) in [5.74, 6) is -0.653. The standard InChI is InChI=1S/C22H34O4/c1-7-20(5)13-22(25)12-9-15-19(3,4)10-8-11-21(15,6)17(22)16(24)18(20)26-14(2)23/h7,15,17-18,25H,1,8-13H2,2-6H3/t15-,17+,18?,20-,21-,22+/m0/s1. The first-order chi connectivity index (χ1) is 11.9. The summed E-state index contributed by atoms with van der Waals surface area (Å²) in [6, 6.07) is 0. The lowest BCUT2D eigenvalue weighted by Crippen LogP contribution is -2.68. The van der Waals surface area contributed by atoms with E-state index in [0.29, 0.717) is 18.8 Å². The molecular weight excluding hydrogens is 328 g/mol. The fraction of sp³-hybridized carbons (Fsp3) is 0.818. The number of esters is 1. The third-order valence-corrected chi connectivity index (χ3v) is 7.92. The van der Waals surface area contributed by atoms with E-state index in [-0.39, 0.29) is 16.6 Å². The molecule has 0 aliphatic heterocycles. The first-order valence-electron chi connectivity index (χ1n) is 9.97. The lowest BCUT2D eigenvalue weighted by molar-refractivity contribution is -0.220. The Morgan fingerprint density at radius 2 is 1.88 bits per heavy atom. The minimum atomic E-state index is -1.05. The maximum atomic E-state index is 13.7. The highest BCUT2D eigenvalue weighted by molar-refractivity contribution is 5.91. The van der Waals surface area contributed by atoms with Crippen LogP contribution in [-0.2, 0) is 14.3 Å². The lowest BCUT2D eigenvalue weighted by Gasteiger charge is -2.64. The number of rotatable bonds is 2. The van der Waals surface area contributed by atoms with Crippen LogP contribution in [0, 0.1) is 28.1 Å². The highest BCUT2D eigenvalue weighted by atomic mass is 16.5. The summed E-state index contributed by atoms with van der Waals surface area (Å²) in [5, 5.41) is 11.6. The molecule has 4 nitrogen and oxygen atoms in total. The predicted molar refractivity (Wildman–Crippen MR) is 100 cm³/mol. The highest BCUT2D eigenvalue weighted by Gasteiger charge is 2.67. The van der Waals surface area contributed by atoms with Crippen LogP contribution in [0.4, 0.5) is 0 Å². The normalized spacial score (nSPS) is 47.5. The summed E-state index contributed by atoms with van der Waals surface area (Å²) >= 11 is 0. The van der Waals surface area contributed by atoms with Crippen LogP contribution in [0.1, 0.15) is 73.1 Å². The van der Waals surface area contributed by atoms with Crippen LogP contribution in [0.25, 0.3) is 0 Å². The van der Waals surface area contributed by atoms with Gasteiger partial charge in [-0.1, -0.05) is 40.2 Å². The summed E-state index contributed by atoms with van der Waals surface area (Å²) in [6.07, 6.45) is 5.98. The summed E-state index contributed by atoms with van der Waals surface area (Å²) in [5.41, 5.74) is -1.88. The minimum absolute atomic E-state index is 0.110. The van der Waals surface area contributed by atoms with E-state index in [0.717, 1.165) is 25.7 Å². The molecule has 0 saturated heterocycles. The van der Waals surface area contributed by atoms with Gasteiger partial charge in [0.2, 0.25) is 0 Å². The summed E-state index contributed by atoms with van der Waals surface area (Å²) in [6.45, 7) is 13.9. The first kappa shape index (κ1) is 19.6. The zero-order valence-electron chi connectivity index (χ0n) is 16.9. The average molecular weight is 363 g/mol. The van der Waals surface area contributed by atoms with Gasteiger partial charge in [-0.2, -0.15) is 0 Å². The van der Waals surface area contributed by atoms with Crippen molar-refractivity contribution >= 4 is 11.8 Å². The van der Waals surface area contributed by atoms with E-state index in [1.165, 1.54) is 6.92 Å². The molecule has 3 aliphatic rings. The van der Waals surface area contributed by atoms with Crippen LogP contribution in [-0.4, -0.2) is 28.6 Å². The van der Waals surface area contributed by atoms with E-state index < -0.39 is 29.0 Å². The smallest absolute Gasteiger partial charge is 0.303 e. The molecule has 3 fully saturated rings. The van der Waals surface area contributed by atoms with E-state index in [9.17, 15) is 14.7 Å². The molecule has 6 atom stereocenters. The van der Waals surface area contributed by atoms with Gasteiger partial charge in [-0.05, 0) is 48.9 Å². The Morgan fingerprint density at radius 3 is 2.46 bits per heavy atom. The Kier molecular flexibility index (Phi) is 4.46. The van der Waals surface area contributed by atoms with Gasteiger partial charge in [-0.3, -0.25) is 9.59 Å². The van der Waals surface area contributed by atoms with E-state index in [1.54, 1.807) is 6.08 Å². The van der Waals surface area contributed by atoms with Crippen molar-refractivity contribution < 1.29 is 19.4 Å². The third kappa shape index (κ3) is 2.67. The zero-order chi connectivity index (χ0) is 19.5. The Balaban J connectivity index is 2.08. The molecule has 4 heteroatoms. The molecule has 3 rings (SSSR count). The van der Waals surface area contributed by atoms with E-state index in [4.69, 9.17) is 4.74 Å². The highest BCUT2D eigenvalue weighted by Crippen LogP contribution is 2.65. The molecule has 0 amide bonds. The maximum absolute atomic E-state index is 13.7. The number of hydrogen-bond acceptors (Lipinski definition) is 4. The van der Waals surface area contributed by atoms with Crippen molar-refractivity contribution in [3.63, 3.8) is 0 Å². The molecule has 146 valence electrons. The second-order valence-electron chi connectivity index (χ2n) is 10.3. The molecule has 0 bridgehead atoms. The van der Waals surface area contributed by atoms with Crippen molar-refractivity contribution in [1.82, 2.24) is 0 Å². The zero-order valence-corrected chi connectivity index (χ0v) is 16.9. The number of hydrogen-bond donors (Lipinski definition) is 1. The molecule has 3 aliphatic carbocycles. The summed E-state index contributed by atoms with van der Waals surface area (Å²) in [4.78, 5) is 25.4. The van der Waals surface area contributed by atoms with E-state index in [2.05, 4.69) is 27.4 Å². The van der Waals surface area contributed by atoms with Gasteiger partial charge in [-0.15, -0.1) is 6.58 Å². The number of fused-ring (bicyclic) bond motifs is 3. The van der Waals surface area contributed by atoms with Crippen molar-refractivity contribution in [2.75, 3.05) is 0 Å². The van der Waals surface area contributed by atoms with Crippen molar-refractivity contribution in [1.29, 1.82) is 0 Å². The molecule has 0 heterocycles. The first-order valence-corrected chi connectivity index (χ1v) is 9.97. The van der Waals surface area contributed by atoms with Crippen molar-refractivity contribution in [2.24, 2.45) is 28.1 Å². The van der Waals surface area contributed by atoms with Crippen LogP contribution in [0.5, 0.6) is 0 Å². The van der Waals surface area contributed by atoms with Crippen molar-refractivity contribution in [2.45, 2.75) is 84.8 Å². The molecular formula is C22H34O4. The van der Waals surface area contributed by atoms with Gasteiger partial charge < -0.3 is 9.84 Å². The Labute approximate surface area is 157 Å². The van der Waals surface area contributed by atoms with Gasteiger partial charge in [0.25, 0.3) is 0 Å². The molecule has 0 aromatic rings. The molecule has 3 saturated carbocycles. The third-order valence-electron chi connectivity index (χ3n) is 7.92. The van der Waals surface area contributed by atoms with E-state index in [1.807, 2.05) is 6.92 Å². The van der Waals surface area contributed by atoms with Crippen LogP contribution in [0.15, 0.2) is 12.7 Å². The largest absolute Gasteiger partial charge is 0.454 e. The predicted octanol–water partition coefficient (Wildman–Crippen LogP) is 4.06. The monoisotopic (exact) mass is 362 g/mol. The van der Waals surface area contributed by atoms with Gasteiger partial charge in [0, 0.05) is 12.3 Å². The van der Waals surface area contributed by atoms with Gasteiger partial charge in [-0.25, -0.2) is 0 Å². The van der Waals surface area contributed by atoms with Gasteiger partial charge in [0.1, 0.15) is 0 Å². The van der Waals surface area contributed by atoms with E-state index >= 15 is 0 Å². The van der Waals surface area contributed by atoms with Gasteiger partial charge in [0.15, 0.2) is 11.9 Å². The van der Waals surface area contributed by atoms with Crippen LogP contribution >= 0.6 is 0 Å². The minimum Gasteiger partial charge on any atom is -0.454 e. The number of carbonyl (C=O) groups excluding carboxylic acids is 2. The number of aliphatic hydroxyl groups is 1. The van der Waals surface area contributed by atoms with Crippen LogP contribution in [0.3, 0.4) is 0 Å². The Hall–Kier alpha value is -1.16. The fourth-order valence-corrected chi connectivity index (χ4v) is 6.93. The Bertz CT molecular complexity index is 638. The summed E-state index contributed by atoms with van der Waals surface area (Å²) < 4.78 is 5.51. The average Bonchev–Trinajstić information content (AvgIpc) is 2.49. The van der Waals surface area contributed by atoms with Crippen molar-refractivity contribution in [3.8, 4) is 0 Å². The number of carbonyl (C=O) groups is 2. The quantitative estimate of drug-likeness (QED) is 0.594. The Morgan fingerprint density at radius 1 is 1.23 bits per heavy atom. The van der Waals surface area contributed by atoms with Gasteiger partial charge in [0.05, 0.1) is 11.5 Å². The van der Waals surface area contributed by atoms with Crippen molar-refractivity contribution in [3.05, 3.63) is 12.7 Å². The van der Waals surface area contributed by atoms with Crippen LogP contribution < -0.4 is 0 Å². The second-order valence-corrected chi connectivity index (χ2v) is 10.3. The number of ether oxygens (including phenoxy) is 1. The fourth-order valence-electron chi connectivity index (χ4n) is 6.93. The molecule has 1 N–H and O–H groups in total. The maximum Gasteiger partial charge on any atom is 0.303 e. The molecule has 0 radical (unpaired) electrons. The molecule has 1 unspecified atom stereocenters. The molecule has 0 aromatic heterocycles. The number of Topliss-reactive ketones (excluding diaryl/α,β-unsaturated/α-hetero) is 1. The lowest BCUT2D eigenvalue weighted by atomic mass is 9.41.